The molecule has 0 bridgehead atoms. The minimum Gasteiger partial charge on any atom is -0.480 e. The van der Waals surface area contributed by atoms with Crippen LogP contribution in [0.5, 0.6) is 0 Å². The van der Waals surface area contributed by atoms with E-state index in [2.05, 4.69) is 36.5 Å². The Bertz CT molecular complexity index is 1300. The number of hydrogen-bond acceptors (Lipinski definition) is 5. The van der Waals surface area contributed by atoms with Crippen LogP contribution in [0.1, 0.15) is 31.8 Å². The van der Waals surface area contributed by atoms with E-state index in [1.165, 1.54) is 18.3 Å². The number of aromatic nitrogens is 2. The molecule has 0 aliphatic carbocycles. The average molecular weight is 568 g/mol. The Kier molecular flexibility index (Phi) is 8.08. The van der Waals surface area contributed by atoms with E-state index in [-0.39, 0.29) is 39.0 Å². The highest BCUT2D eigenvalue weighted by Crippen LogP contribution is 2.26. The van der Waals surface area contributed by atoms with E-state index < -0.39 is 29.5 Å². The van der Waals surface area contributed by atoms with Crippen LogP contribution in [0.3, 0.4) is 0 Å². The van der Waals surface area contributed by atoms with Gasteiger partial charge in [0.1, 0.15) is 11.9 Å². The van der Waals surface area contributed by atoms with Crippen LogP contribution in [0.15, 0.2) is 51.9 Å². The molecule has 12 heteroatoms. The number of carboxylic acids is 1. The number of H-pyrrole nitrogens is 1. The van der Waals surface area contributed by atoms with E-state index in [1.54, 1.807) is 31.2 Å². The first-order valence-electron chi connectivity index (χ1n) is 9.71. The molecule has 9 nitrogen and oxygen atoms in total. The SMILES string of the molecule is Cc1cccc(Br)c1C(=O)N[C@@H](Cc1c[nH]c(=O)nc1NC(=O)c1c(Cl)cccc1Cl)C(=O)O. The topological polar surface area (TPSA) is 141 Å². The fraction of sp³-hybridized carbons (Fsp3) is 0.136. The van der Waals surface area contributed by atoms with Gasteiger partial charge in [-0.15, -0.1) is 0 Å². The fourth-order valence-corrected chi connectivity index (χ4v) is 4.36. The van der Waals surface area contributed by atoms with Crippen LogP contribution >= 0.6 is 39.1 Å². The lowest BCUT2D eigenvalue weighted by Gasteiger charge is -2.18. The number of carbonyl (C=O) groups excluding carboxylic acids is 2. The molecule has 34 heavy (non-hydrogen) atoms. The third-order valence-electron chi connectivity index (χ3n) is 4.79. The summed E-state index contributed by atoms with van der Waals surface area (Å²) in [6, 6.07) is 8.22. The van der Waals surface area contributed by atoms with Crippen molar-refractivity contribution < 1.29 is 19.5 Å². The summed E-state index contributed by atoms with van der Waals surface area (Å²) >= 11 is 15.4. The molecule has 0 unspecified atom stereocenters. The molecular weight excluding hydrogens is 551 g/mol. The molecular formula is C22H17BrCl2N4O5. The number of amides is 2. The summed E-state index contributed by atoms with van der Waals surface area (Å²) < 4.78 is 0.504. The molecule has 1 heterocycles. The normalized spacial score (nSPS) is 11.5. The maximum Gasteiger partial charge on any atom is 0.346 e. The summed E-state index contributed by atoms with van der Waals surface area (Å²) in [6.45, 7) is 1.72. The smallest absolute Gasteiger partial charge is 0.346 e. The third kappa shape index (κ3) is 5.82. The van der Waals surface area contributed by atoms with Gasteiger partial charge in [-0.1, -0.05) is 41.4 Å². The highest BCUT2D eigenvalue weighted by Gasteiger charge is 2.25. The zero-order chi connectivity index (χ0) is 25.0. The molecule has 3 rings (SSSR count). The Hall–Kier alpha value is -3.21. The van der Waals surface area contributed by atoms with Gasteiger partial charge in [0.2, 0.25) is 0 Å². The van der Waals surface area contributed by atoms with Crippen molar-refractivity contribution in [3.63, 3.8) is 0 Å². The summed E-state index contributed by atoms with van der Waals surface area (Å²) in [5.41, 5.74) is 0.282. The zero-order valence-corrected chi connectivity index (χ0v) is 20.6. The molecule has 0 aliphatic heterocycles. The van der Waals surface area contributed by atoms with Crippen molar-refractivity contribution in [1.29, 1.82) is 0 Å². The lowest BCUT2D eigenvalue weighted by Crippen LogP contribution is -2.43. The minimum atomic E-state index is -1.40. The standard InChI is InChI=1S/C22H17BrCl2N4O5/c1-10-4-2-5-12(23)16(10)19(30)27-15(21(32)33)8-11-9-26-22(34)29-18(11)28-20(31)17-13(24)6-3-7-14(17)25/h2-7,9,15H,8H2,1H3,(H,27,30)(H,32,33)(H2,26,28,29,31,34)/t15-/m0/s1. The Balaban J connectivity index is 1.89. The second-order valence-electron chi connectivity index (χ2n) is 7.13. The maximum absolute atomic E-state index is 12.8. The van der Waals surface area contributed by atoms with Crippen molar-refractivity contribution in [3.05, 3.63) is 89.9 Å². The molecule has 0 spiro atoms. The van der Waals surface area contributed by atoms with E-state index in [0.29, 0.717) is 10.0 Å². The van der Waals surface area contributed by atoms with Gasteiger partial charge in [0.25, 0.3) is 11.8 Å². The van der Waals surface area contributed by atoms with Gasteiger partial charge in [-0.25, -0.2) is 9.59 Å². The summed E-state index contributed by atoms with van der Waals surface area (Å²) in [5, 5.41) is 14.8. The highest BCUT2D eigenvalue weighted by atomic mass is 79.9. The number of benzene rings is 2. The molecule has 1 aromatic heterocycles. The van der Waals surface area contributed by atoms with E-state index in [4.69, 9.17) is 23.2 Å². The number of aromatic amines is 1. The Labute approximate surface area is 211 Å². The molecule has 0 fully saturated rings. The molecule has 0 saturated carbocycles. The van der Waals surface area contributed by atoms with Crippen LogP contribution in [0.4, 0.5) is 5.82 Å². The van der Waals surface area contributed by atoms with Crippen molar-refractivity contribution in [2.24, 2.45) is 0 Å². The van der Waals surface area contributed by atoms with Crippen molar-refractivity contribution in [2.45, 2.75) is 19.4 Å². The lowest BCUT2D eigenvalue weighted by atomic mass is 10.1. The van der Waals surface area contributed by atoms with Crippen LogP contribution in [-0.4, -0.2) is 38.9 Å². The van der Waals surface area contributed by atoms with Gasteiger partial charge >= 0.3 is 11.7 Å². The third-order valence-corrected chi connectivity index (χ3v) is 6.08. The van der Waals surface area contributed by atoms with Crippen molar-refractivity contribution in [3.8, 4) is 0 Å². The van der Waals surface area contributed by atoms with Crippen molar-refractivity contribution in [2.75, 3.05) is 5.32 Å². The summed E-state index contributed by atoms with van der Waals surface area (Å²) in [7, 11) is 0. The largest absolute Gasteiger partial charge is 0.480 e. The van der Waals surface area contributed by atoms with Crippen LogP contribution < -0.4 is 16.3 Å². The van der Waals surface area contributed by atoms with Gasteiger partial charge in [0.05, 0.1) is 21.2 Å². The average Bonchev–Trinajstić information content (AvgIpc) is 2.74. The Morgan fingerprint density at radius 3 is 2.35 bits per heavy atom. The van der Waals surface area contributed by atoms with Gasteiger partial charge in [0.15, 0.2) is 0 Å². The number of halogens is 3. The molecule has 0 radical (unpaired) electrons. The molecule has 4 N–H and O–H groups in total. The molecule has 2 amide bonds. The van der Waals surface area contributed by atoms with Crippen molar-refractivity contribution in [1.82, 2.24) is 15.3 Å². The first kappa shape index (κ1) is 25.4. The van der Waals surface area contributed by atoms with Gasteiger partial charge in [-0.3, -0.25) is 9.59 Å². The molecule has 3 aromatic rings. The van der Waals surface area contributed by atoms with Crippen LogP contribution in [0.25, 0.3) is 0 Å². The number of carboxylic acid groups (broad SMARTS) is 1. The maximum atomic E-state index is 12.8. The quantitative estimate of drug-likeness (QED) is 0.342. The van der Waals surface area contributed by atoms with E-state index >= 15 is 0 Å². The Morgan fingerprint density at radius 1 is 1.09 bits per heavy atom. The Morgan fingerprint density at radius 2 is 1.74 bits per heavy atom. The number of aliphatic carboxylic acids is 1. The van der Waals surface area contributed by atoms with Crippen molar-refractivity contribution >= 4 is 62.7 Å². The first-order chi connectivity index (χ1) is 16.1. The van der Waals surface area contributed by atoms with Gasteiger partial charge in [-0.2, -0.15) is 4.98 Å². The van der Waals surface area contributed by atoms with Gasteiger partial charge < -0.3 is 20.7 Å². The van der Waals surface area contributed by atoms with E-state index in [9.17, 15) is 24.3 Å². The summed E-state index contributed by atoms with van der Waals surface area (Å²) in [5.74, 6) is -2.86. The molecule has 176 valence electrons. The number of nitrogens with zero attached hydrogens (tertiary/aromatic N) is 1. The predicted octanol–water partition coefficient (Wildman–Crippen LogP) is 3.83. The predicted molar refractivity (Wildman–Crippen MR) is 131 cm³/mol. The van der Waals surface area contributed by atoms with Gasteiger partial charge in [0, 0.05) is 22.7 Å². The number of anilines is 1. The molecule has 0 aliphatic rings. The molecule has 1 atom stereocenters. The van der Waals surface area contributed by atoms with Gasteiger partial charge in [-0.05, 0) is 46.6 Å². The number of hydrogen-bond donors (Lipinski definition) is 4. The minimum absolute atomic E-state index is 0.0358. The number of carbonyl (C=O) groups is 3. The fourth-order valence-electron chi connectivity index (χ4n) is 3.14. The summed E-state index contributed by atoms with van der Waals surface area (Å²) in [6.07, 6.45) is 0.922. The van der Waals surface area contributed by atoms with E-state index in [0.717, 1.165) is 0 Å². The first-order valence-corrected chi connectivity index (χ1v) is 11.3. The highest BCUT2D eigenvalue weighted by molar-refractivity contribution is 9.10. The van der Waals surface area contributed by atoms with Crippen LogP contribution in [-0.2, 0) is 11.2 Å². The zero-order valence-electron chi connectivity index (χ0n) is 17.5. The number of aryl methyl sites for hydroxylation is 1. The van der Waals surface area contributed by atoms with Crippen LogP contribution in [0, 0.1) is 6.92 Å². The second-order valence-corrected chi connectivity index (χ2v) is 8.80. The summed E-state index contributed by atoms with van der Waals surface area (Å²) in [4.78, 5) is 55.3. The monoisotopic (exact) mass is 566 g/mol. The number of nitrogens with one attached hydrogen (secondary N) is 3. The molecule has 0 saturated heterocycles. The second kappa shape index (κ2) is 10.8. The molecule has 2 aromatic carbocycles. The van der Waals surface area contributed by atoms with Crippen LogP contribution in [0.2, 0.25) is 10.0 Å². The number of rotatable bonds is 7. The van der Waals surface area contributed by atoms with E-state index in [1.807, 2.05) is 0 Å². The lowest BCUT2D eigenvalue weighted by molar-refractivity contribution is -0.139.